The molecule has 2 heteroatoms. The maximum atomic E-state index is 11.2. The third kappa shape index (κ3) is 4.74. The van der Waals surface area contributed by atoms with E-state index in [2.05, 4.69) is 11.8 Å². The average molecular weight is 230 g/mol. The summed E-state index contributed by atoms with van der Waals surface area (Å²) in [5.74, 6) is 4.72. The normalized spacial score (nSPS) is 11.4. The minimum absolute atomic E-state index is 0.384. The molecule has 17 heavy (non-hydrogen) atoms. The van der Waals surface area contributed by atoms with Crippen molar-refractivity contribution in [3.05, 3.63) is 35.9 Å². The molecule has 0 amide bonds. The molecule has 1 aromatic rings. The molecular formula is C15H18O2. The van der Waals surface area contributed by atoms with Gasteiger partial charge in [-0.1, -0.05) is 36.8 Å². The Hall–Kier alpha value is -1.75. The Kier molecular flexibility index (Phi) is 5.88. The largest absolute Gasteiger partial charge is 0.481 e. The summed E-state index contributed by atoms with van der Waals surface area (Å²) in [6, 6.07) is 9.43. The molecule has 1 aromatic carbocycles. The predicted molar refractivity (Wildman–Crippen MR) is 68.7 cm³/mol. The summed E-state index contributed by atoms with van der Waals surface area (Å²) < 4.78 is 0. The van der Waals surface area contributed by atoms with Crippen molar-refractivity contribution in [2.45, 2.75) is 38.5 Å². The van der Waals surface area contributed by atoms with Crippen molar-refractivity contribution in [1.29, 1.82) is 0 Å². The first-order valence-electron chi connectivity index (χ1n) is 5.93. The van der Waals surface area contributed by atoms with Crippen LogP contribution in [0.5, 0.6) is 0 Å². The lowest BCUT2D eigenvalue weighted by molar-refractivity contribution is -0.139. The van der Waals surface area contributed by atoms with Gasteiger partial charge in [-0.05, 0) is 25.3 Å². The Morgan fingerprint density at radius 1 is 1.29 bits per heavy atom. The van der Waals surface area contributed by atoms with Crippen LogP contribution in [0.2, 0.25) is 0 Å². The van der Waals surface area contributed by atoms with Crippen molar-refractivity contribution in [3.8, 4) is 11.8 Å². The van der Waals surface area contributed by atoms with E-state index < -0.39 is 5.97 Å². The molecule has 0 saturated heterocycles. The summed E-state index contributed by atoms with van der Waals surface area (Å²) in [6.07, 6.45) is 3.42. The average Bonchev–Trinajstić information content (AvgIpc) is 2.34. The van der Waals surface area contributed by atoms with Crippen LogP contribution in [0.25, 0.3) is 0 Å². The van der Waals surface area contributed by atoms with Gasteiger partial charge in [0.2, 0.25) is 0 Å². The first-order chi connectivity index (χ1) is 8.25. The highest BCUT2D eigenvalue weighted by Crippen LogP contribution is 2.22. The van der Waals surface area contributed by atoms with Gasteiger partial charge >= 0.3 is 5.97 Å². The topological polar surface area (TPSA) is 37.3 Å². The predicted octanol–water partition coefficient (Wildman–Crippen LogP) is 3.44. The number of hydrogen-bond acceptors (Lipinski definition) is 1. The van der Waals surface area contributed by atoms with Crippen LogP contribution in [0.4, 0.5) is 0 Å². The van der Waals surface area contributed by atoms with Gasteiger partial charge in [0.05, 0.1) is 5.92 Å². The lowest BCUT2D eigenvalue weighted by Gasteiger charge is -2.11. The van der Waals surface area contributed by atoms with Gasteiger partial charge in [-0.3, -0.25) is 4.79 Å². The smallest absolute Gasteiger partial charge is 0.310 e. The zero-order valence-electron chi connectivity index (χ0n) is 10.1. The van der Waals surface area contributed by atoms with Gasteiger partial charge in [-0.2, -0.15) is 0 Å². The first-order valence-corrected chi connectivity index (χ1v) is 5.93. The van der Waals surface area contributed by atoms with Crippen molar-refractivity contribution < 1.29 is 9.90 Å². The van der Waals surface area contributed by atoms with Crippen molar-refractivity contribution >= 4 is 5.97 Å². The fraction of sp³-hybridized carbons (Fsp3) is 0.400. The van der Waals surface area contributed by atoms with Gasteiger partial charge in [0.15, 0.2) is 0 Å². The van der Waals surface area contributed by atoms with Crippen LogP contribution in [-0.4, -0.2) is 11.1 Å². The zero-order chi connectivity index (χ0) is 12.5. The number of unbranched alkanes of at least 4 members (excludes halogenated alkanes) is 2. The van der Waals surface area contributed by atoms with Crippen LogP contribution < -0.4 is 0 Å². The van der Waals surface area contributed by atoms with Gasteiger partial charge in [0, 0.05) is 6.42 Å². The molecule has 0 heterocycles. The number of rotatable bonds is 6. The summed E-state index contributed by atoms with van der Waals surface area (Å²) >= 11 is 0. The van der Waals surface area contributed by atoms with Crippen molar-refractivity contribution in [2.24, 2.45) is 0 Å². The summed E-state index contributed by atoms with van der Waals surface area (Å²) in [6.45, 7) is 1.82. The van der Waals surface area contributed by atoms with Crippen LogP contribution in [0.1, 0.15) is 44.1 Å². The Morgan fingerprint density at radius 3 is 2.59 bits per heavy atom. The van der Waals surface area contributed by atoms with Gasteiger partial charge in [0.1, 0.15) is 0 Å². The number of carbonyl (C=O) groups is 1. The van der Waals surface area contributed by atoms with Crippen LogP contribution in [0, 0.1) is 11.8 Å². The SMILES string of the molecule is CC#CCCCCC(C(=O)O)c1ccccc1. The summed E-state index contributed by atoms with van der Waals surface area (Å²) in [7, 11) is 0. The van der Waals surface area contributed by atoms with Crippen molar-refractivity contribution in [3.63, 3.8) is 0 Å². The Morgan fingerprint density at radius 2 is 2.00 bits per heavy atom. The van der Waals surface area contributed by atoms with E-state index in [0.717, 1.165) is 24.8 Å². The fourth-order valence-corrected chi connectivity index (χ4v) is 1.80. The number of hydrogen-bond donors (Lipinski definition) is 1. The molecule has 0 aromatic heterocycles. The summed E-state index contributed by atoms with van der Waals surface area (Å²) in [5.41, 5.74) is 0.890. The molecule has 0 radical (unpaired) electrons. The fourth-order valence-electron chi connectivity index (χ4n) is 1.80. The summed E-state index contributed by atoms with van der Waals surface area (Å²) in [4.78, 5) is 11.2. The molecule has 0 bridgehead atoms. The molecule has 0 fully saturated rings. The van der Waals surface area contributed by atoms with E-state index >= 15 is 0 Å². The van der Waals surface area contributed by atoms with Crippen LogP contribution in [0.3, 0.4) is 0 Å². The third-order valence-corrected chi connectivity index (χ3v) is 2.72. The standard InChI is InChI=1S/C15H18O2/c1-2-3-4-5-9-12-14(15(16)17)13-10-7-6-8-11-13/h6-8,10-11,14H,4-5,9,12H2,1H3,(H,16,17). The molecule has 1 unspecified atom stereocenters. The van der Waals surface area contributed by atoms with Crippen molar-refractivity contribution in [1.82, 2.24) is 0 Å². The second-order valence-corrected chi connectivity index (χ2v) is 3.97. The second kappa shape index (κ2) is 7.51. The molecule has 2 nitrogen and oxygen atoms in total. The molecule has 1 atom stereocenters. The highest BCUT2D eigenvalue weighted by atomic mass is 16.4. The molecule has 90 valence electrons. The molecular weight excluding hydrogens is 212 g/mol. The monoisotopic (exact) mass is 230 g/mol. The highest BCUT2D eigenvalue weighted by molar-refractivity contribution is 5.75. The highest BCUT2D eigenvalue weighted by Gasteiger charge is 2.18. The van der Waals surface area contributed by atoms with E-state index in [4.69, 9.17) is 0 Å². The van der Waals surface area contributed by atoms with Crippen LogP contribution in [-0.2, 0) is 4.79 Å². The number of carboxylic acids is 1. The molecule has 0 aliphatic heterocycles. The molecule has 0 saturated carbocycles. The lowest BCUT2D eigenvalue weighted by atomic mass is 9.93. The maximum Gasteiger partial charge on any atom is 0.310 e. The first kappa shape index (κ1) is 13.3. The minimum atomic E-state index is -0.738. The van der Waals surface area contributed by atoms with Gasteiger partial charge in [0.25, 0.3) is 0 Å². The Labute approximate surface area is 103 Å². The Bertz CT molecular complexity index is 398. The van der Waals surface area contributed by atoms with Gasteiger partial charge < -0.3 is 5.11 Å². The van der Waals surface area contributed by atoms with E-state index in [-0.39, 0.29) is 5.92 Å². The minimum Gasteiger partial charge on any atom is -0.481 e. The molecule has 0 spiro atoms. The lowest BCUT2D eigenvalue weighted by Crippen LogP contribution is -2.11. The number of aliphatic carboxylic acids is 1. The van der Waals surface area contributed by atoms with Crippen LogP contribution in [0.15, 0.2) is 30.3 Å². The molecule has 0 aliphatic carbocycles. The van der Waals surface area contributed by atoms with Gasteiger partial charge in [-0.15, -0.1) is 11.8 Å². The second-order valence-electron chi connectivity index (χ2n) is 3.97. The Balaban J connectivity index is 2.50. The zero-order valence-corrected chi connectivity index (χ0v) is 10.1. The van der Waals surface area contributed by atoms with E-state index in [1.807, 2.05) is 37.3 Å². The maximum absolute atomic E-state index is 11.2. The van der Waals surface area contributed by atoms with Crippen LogP contribution >= 0.6 is 0 Å². The molecule has 1 N–H and O–H groups in total. The summed E-state index contributed by atoms with van der Waals surface area (Å²) in [5, 5.41) is 9.20. The van der Waals surface area contributed by atoms with Gasteiger partial charge in [-0.25, -0.2) is 0 Å². The van der Waals surface area contributed by atoms with E-state index in [1.165, 1.54) is 0 Å². The molecule has 1 rings (SSSR count). The van der Waals surface area contributed by atoms with E-state index in [1.54, 1.807) is 0 Å². The van der Waals surface area contributed by atoms with Crippen molar-refractivity contribution in [2.75, 3.05) is 0 Å². The third-order valence-electron chi connectivity index (χ3n) is 2.72. The number of carboxylic acid groups (broad SMARTS) is 1. The number of benzene rings is 1. The van der Waals surface area contributed by atoms with E-state index in [0.29, 0.717) is 6.42 Å². The van der Waals surface area contributed by atoms with E-state index in [9.17, 15) is 9.90 Å². The quantitative estimate of drug-likeness (QED) is 0.600. The molecule has 0 aliphatic rings.